The molecule has 1 N–H and O–H groups in total. The molecule has 1 heterocycles. The number of halogens is 1. The minimum absolute atomic E-state index is 0.0231. The molecule has 0 spiro atoms. The molecule has 3 aromatic rings. The van der Waals surface area contributed by atoms with Crippen molar-refractivity contribution >= 4 is 22.5 Å². The number of rotatable bonds is 2. The monoisotopic (exact) mass is 313 g/mol. The van der Waals surface area contributed by atoms with Crippen LogP contribution in [0.4, 0.5) is 0 Å². The molecule has 0 atom stereocenters. The van der Waals surface area contributed by atoms with Crippen LogP contribution in [0.25, 0.3) is 22.0 Å². The van der Waals surface area contributed by atoms with Crippen molar-refractivity contribution in [3.05, 3.63) is 62.9 Å². The van der Waals surface area contributed by atoms with Gasteiger partial charge in [-0.05, 0) is 31.0 Å². The molecular formula is C18H16ClNO2. The lowest BCUT2D eigenvalue weighted by Gasteiger charge is -2.12. The van der Waals surface area contributed by atoms with E-state index in [1.807, 2.05) is 38.1 Å². The van der Waals surface area contributed by atoms with Crippen LogP contribution in [0.15, 0.2) is 41.2 Å². The number of benzene rings is 2. The van der Waals surface area contributed by atoms with Crippen LogP contribution >= 0.6 is 11.6 Å². The summed E-state index contributed by atoms with van der Waals surface area (Å²) in [6.07, 6.45) is 0. The Morgan fingerprint density at radius 1 is 1.14 bits per heavy atom. The molecule has 0 saturated carbocycles. The van der Waals surface area contributed by atoms with Gasteiger partial charge >= 0.3 is 0 Å². The Morgan fingerprint density at radius 2 is 1.86 bits per heavy atom. The normalized spacial score (nSPS) is 10.9. The number of H-pyrrole nitrogens is 1. The summed E-state index contributed by atoms with van der Waals surface area (Å²) < 4.78 is 5.21. The Balaban J connectivity index is 2.39. The van der Waals surface area contributed by atoms with Crippen molar-refractivity contribution in [3.63, 3.8) is 0 Å². The average Bonchev–Trinajstić information content (AvgIpc) is 2.49. The quantitative estimate of drug-likeness (QED) is 0.758. The maximum absolute atomic E-state index is 12.9. The second kappa shape index (κ2) is 5.50. The minimum Gasteiger partial charge on any atom is -0.495 e. The summed E-state index contributed by atoms with van der Waals surface area (Å²) in [4.78, 5) is 16.2. The van der Waals surface area contributed by atoms with Crippen molar-refractivity contribution in [1.29, 1.82) is 0 Å². The average molecular weight is 314 g/mol. The van der Waals surface area contributed by atoms with Gasteiger partial charge in [-0.15, -0.1) is 0 Å². The van der Waals surface area contributed by atoms with Crippen LogP contribution in [0.3, 0.4) is 0 Å². The molecule has 0 saturated heterocycles. The van der Waals surface area contributed by atoms with Crippen molar-refractivity contribution in [2.75, 3.05) is 7.11 Å². The first-order chi connectivity index (χ1) is 10.5. The van der Waals surface area contributed by atoms with Gasteiger partial charge in [0, 0.05) is 22.7 Å². The molecule has 0 unspecified atom stereocenters. The van der Waals surface area contributed by atoms with Gasteiger partial charge in [0.2, 0.25) is 0 Å². The maximum atomic E-state index is 12.9. The lowest BCUT2D eigenvalue weighted by molar-refractivity contribution is 0.415. The van der Waals surface area contributed by atoms with Crippen molar-refractivity contribution in [2.45, 2.75) is 13.8 Å². The van der Waals surface area contributed by atoms with E-state index >= 15 is 0 Å². The highest BCUT2D eigenvalue weighted by atomic mass is 35.5. The molecule has 2 aromatic carbocycles. The molecule has 0 radical (unpaired) electrons. The van der Waals surface area contributed by atoms with Gasteiger partial charge in [-0.3, -0.25) is 4.79 Å². The number of nitrogens with one attached hydrogen (secondary N) is 1. The van der Waals surface area contributed by atoms with E-state index in [1.54, 1.807) is 19.2 Å². The van der Waals surface area contributed by atoms with Crippen LogP contribution in [0.2, 0.25) is 5.02 Å². The highest BCUT2D eigenvalue weighted by molar-refractivity contribution is 6.32. The topological polar surface area (TPSA) is 42.1 Å². The predicted octanol–water partition coefficient (Wildman–Crippen LogP) is 4.47. The van der Waals surface area contributed by atoms with E-state index in [2.05, 4.69) is 4.98 Å². The lowest BCUT2D eigenvalue weighted by Crippen LogP contribution is -2.10. The molecule has 0 aliphatic heterocycles. The minimum atomic E-state index is -0.0231. The fourth-order valence-corrected chi connectivity index (χ4v) is 2.99. The van der Waals surface area contributed by atoms with Crippen LogP contribution < -0.4 is 10.2 Å². The molecular weight excluding hydrogens is 298 g/mol. The first-order valence-electron chi connectivity index (χ1n) is 6.99. The van der Waals surface area contributed by atoms with E-state index < -0.39 is 0 Å². The van der Waals surface area contributed by atoms with Crippen molar-refractivity contribution in [1.82, 2.24) is 4.98 Å². The van der Waals surface area contributed by atoms with Crippen LogP contribution in [0, 0.1) is 13.8 Å². The second-order valence-corrected chi connectivity index (χ2v) is 5.71. The Bertz CT molecular complexity index is 928. The van der Waals surface area contributed by atoms with E-state index in [4.69, 9.17) is 16.3 Å². The summed E-state index contributed by atoms with van der Waals surface area (Å²) >= 11 is 6.17. The fraction of sp³-hybridized carbons (Fsp3) is 0.167. The summed E-state index contributed by atoms with van der Waals surface area (Å²) in [5, 5.41) is 0.995. The Kier molecular flexibility index (Phi) is 3.67. The van der Waals surface area contributed by atoms with Gasteiger partial charge in [0.15, 0.2) is 5.43 Å². The van der Waals surface area contributed by atoms with Gasteiger partial charge in [0.05, 0.1) is 17.6 Å². The standard InChI is InChI=1S/C18H16ClNO2/c1-10-6-4-5-7-12(10)17-11(2)20-15-9-16(22-3)14(19)8-13(15)18(17)21/h4-9H,1-3H3,(H,20,21). The van der Waals surface area contributed by atoms with E-state index in [1.165, 1.54) is 0 Å². The molecule has 22 heavy (non-hydrogen) atoms. The van der Waals surface area contributed by atoms with Gasteiger partial charge in [-0.2, -0.15) is 0 Å². The number of fused-ring (bicyclic) bond motifs is 1. The number of aryl methyl sites for hydroxylation is 2. The van der Waals surface area contributed by atoms with E-state index in [0.29, 0.717) is 21.7 Å². The number of aromatic amines is 1. The summed E-state index contributed by atoms with van der Waals surface area (Å²) in [7, 11) is 1.56. The highest BCUT2D eigenvalue weighted by Gasteiger charge is 2.15. The smallest absolute Gasteiger partial charge is 0.197 e. The molecule has 0 amide bonds. The zero-order valence-corrected chi connectivity index (χ0v) is 13.4. The molecule has 3 nitrogen and oxygen atoms in total. The number of hydrogen-bond donors (Lipinski definition) is 1. The third-order valence-corrected chi connectivity index (χ3v) is 4.17. The van der Waals surface area contributed by atoms with E-state index in [0.717, 1.165) is 22.3 Å². The predicted molar refractivity (Wildman–Crippen MR) is 91.0 cm³/mol. The lowest BCUT2D eigenvalue weighted by atomic mass is 9.97. The number of ether oxygens (including phenoxy) is 1. The Hall–Kier alpha value is -2.26. The van der Waals surface area contributed by atoms with E-state index in [9.17, 15) is 4.79 Å². The highest BCUT2D eigenvalue weighted by Crippen LogP contribution is 2.30. The number of pyridine rings is 1. The number of hydrogen-bond acceptors (Lipinski definition) is 2. The Labute approximate surface area is 133 Å². The molecule has 3 rings (SSSR count). The summed E-state index contributed by atoms with van der Waals surface area (Å²) in [6, 6.07) is 11.3. The van der Waals surface area contributed by atoms with Gasteiger partial charge in [0.25, 0.3) is 0 Å². The number of methoxy groups -OCH3 is 1. The summed E-state index contributed by atoms with van der Waals surface area (Å²) in [6.45, 7) is 3.91. The molecule has 0 bridgehead atoms. The van der Waals surface area contributed by atoms with Gasteiger partial charge in [-0.1, -0.05) is 35.9 Å². The number of aromatic nitrogens is 1. The van der Waals surface area contributed by atoms with E-state index in [-0.39, 0.29) is 5.43 Å². The van der Waals surface area contributed by atoms with Crippen molar-refractivity contribution in [2.24, 2.45) is 0 Å². The molecule has 4 heteroatoms. The SMILES string of the molecule is COc1cc2[nH]c(C)c(-c3ccccc3C)c(=O)c2cc1Cl. The van der Waals surface area contributed by atoms with Crippen LogP contribution in [0.5, 0.6) is 5.75 Å². The summed E-state index contributed by atoms with van der Waals surface area (Å²) in [5.41, 5.74) is 4.22. The molecule has 0 fully saturated rings. The third-order valence-electron chi connectivity index (χ3n) is 3.88. The zero-order valence-electron chi connectivity index (χ0n) is 12.7. The summed E-state index contributed by atoms with van der Waals surface area (Å²) in [5.74, 6) is 0.549. The van der Waals surface area contributed by atoms with Crippen LogP contribution in [-0.4, -0.2) is 12.1 Å². The fourth-order valence-electron chi connectivity index (χ4n) is 2.75. The van der Waals surface area contributed by atoms with Crippen LogP contribution in [0.1, 0.15) is 11.3 Å². The second-order valence-electron chi connectivity index (χ2n) is 5.30. The Morgan fingerprint density at radius 3 is 2.55 bits per heavy atom. The first kappa shape index (κ1) is 14.7. The third kappa shape index (κ3) is 2.28. The van der Waals surface area contributed by atoms with Crippen molar-refractivity contribution < 1.29 is 4.74 Å². The zero-order chi connectivity index (χ0) is 15.9. The van der Waals surface area contributed by atoms with Gasteiger partial charge < -0.3 is 9.72 Å². The molecule has 1 aromatic heterocycles. The molecule has 0 aliphatic carbocycles. The van der Waals surface area contributed by atoms with Gasteiger partial charge in [-0.25, -0.2) is 0 Å². The van der Waals surface area contributed by atoms with Crippen molar-refractivity contribution in [3.8, 4) is 16.9 Å². The first-order valence-corrected chi connectivity index (χ1v) is 7.37. The maximum Gasteiger partial charge on any atom is 0.197 e. The van der Waals surface area contributed by atoms with Crippen LogP contribution in [-0.2, 0) is 0 Å². The molecule has 0 aliphatic rings. The van der Waals surface area contributed by atoms with Gasteiger partial charge in [0.1, 0.15) is 5.75 Å². The largest absolute Gasteiger partial charge is 0.495 e. The molecule has 112 valence electrons.